The number of allylic oxidation sites excluding steroid dienone is 1. The van der Waals surface area contributed by atoms with E-state index in [1.54, 1.807) is 6.33 Å². The first-order valence-electron chi connectivity index (χ1n) is 9.58. The van der Waals surface area contributed by atoms with Crippen molar-refractivity contribution in [2.45, 2.75) is 39.5 Å². The number of carbonyl (C=O) groups excluding carboxylic acids is 1. The molecule has 0 bridgehead atoms. The number of aromatic nitrogens is 2. The Morgan fingerprint density at radius 1 is 1.27 bits per heavy atom. The van der Waals surface area contributed by atoms with Gasteiger partial charge in [0.1, 0.15) is 0 Å². The topological polar surface area (TPSA) is 71.8 Å². The molecule has 2 atom stereocenters. The smallest absolute Gasteiger partial charge is 0.224 e. The number of amides is 1. The van der Waals surface area contributed by atoms with Crippen molar-refractivity contribution < 1.29 is 4.79 Å². The second-order valence-corrected chi connectivity index (χ2v) is 8.53. The zero-order chi connectivity index (χ0) is 18.1. The first-order chi connectivity index (χ1) is 12.5. The number of nitrogens with two attached hydrogens (primary N) is 1. The van der Waals surface area contributed by atoms with E-state index in [1.165, 1.54) is 35.1 Å². The van der Waals surface area contributed by atoms with Gasteiger partial charge >= 0.3 is 0 Å². The van der Waals surface area contributed by atoms with E-state index >= 15 is 0 Å². The van der Waals surface area contributed by atoms with Gasteiger partial charge in [0.15, 0.2) is 0 Å². The van der Waals surface area contributed by atoms with Crippen molar-refractivity contribution in [3.8, 4) is 0 Å². The Hall–Kier alpha value is -2.36. The number of nitrogens with one attached hydrogen (secondary N) is 1. The molecule has 2 aromatic rings. The van der Waals surface area contributed by atoms with E-state index < -0.39 is 0 Å². The molecule has 2 unspecified atom stereocenters. The van der Waals surface area contributed by atoms with Gasteiger partial charge in [0.2, 0.25) is 5.91 Å². The molecule has 1 heterocycles. The average Bonchev–Trinajstić information content (AvgIpc) is 3.11. The summed E-state index contributed by atoms with van der Waals surface area (Å²) in [5.41, 5.74) is 11.5. The molecule has 5 rings (SSSR count). The zero-order valence-corrected chi connectivity index (χ0v) is 15.4. The van der Waals surface area contributed by atoms with Gasteiger partial charge < -0.3 is 10.7 Å². The zero-order valence-electron chi connectivity index (χ0n) is 15.4. The van der Waals surface area contributed by atoms with E-state index in [-0.39, 0.29) is 16.7 Å². The molecule has 4 nitrogen and oxygen atoms in total. The van der Waals surface area contributed by atoms with Crippen LogP contribution in [-0.2, 0) is 4.79 Å². The fraction of sp³-hybridized carbons (Fsp3) is 0.455. The lowest BCUT2D eigenvalue weighted by Gasteiger charge is -2.70. The second kappa shape index (κ2) is 5.09. The molecule has 0 radical (unpaired) electrons. The highest BCUT2D eigenvalue weighted by molar-refractivity contribution is 5.88. The summed E-state index contributed by atoms with van der Waals surface area (Å²) < 4.78 is 0. The molecule has 26 heavy (non-hydrogen) atoms. The van der Waals surface area contributed by atoms with Gasteiger partial charge in [0, 0.05) is 11.0 Å². The van der Waals surface area contributed by atoms with Crippen LogP contribution in [0.3, 0.4) is 0 Å². The van der Waals surface area contributed by atoms with E-state index in [1.807, 2.05) is 6.20 Å². The highest BCUT2D eigenvalue weighted by Crippen LogP contribution is 2.82. The van der Waals surface area contributed by atoms with Crippen molar-refractivity contribution in [2.75, 3.05) is 0 Å². The van der Waals surface area contributed by atoms with E-state index in [0.717, 1.165) is 18.5 Å². The number of imidazole rings is 1. The monoisotopic (exact) mass is 347 g/mol. The van der Waals surface area contributed by atoms with Crippen LogP contribution in [0.2, 0.25) is 0 Å². The number of hydrogen-bond acceptors (Lipinski definition) is 2. The maximum absolute atomic E-state index is 12.4. The highest BCUT2D eigenvalue weighted by atomic mass is 16.1. The Kier molecular flexibility index (Phi) is 3.10. The second-order valence-electron chi connectivity index (χ2n) is 8.53. The summed E-state index contributed by atoms with van der Waals surface area (Å²) in [5, 5.41) is 0. The van der Waals surface area contributed by atoms with Crippen LogP contribution in [0.15, 0.2) is 36.8 Å². The van der Waals surface area contributed by atoms with Crippen LogP contribution in [-0.4, -0.2) is 15.9 Å². The third-order valence-electron chi connectivity index (χ3n) is 7.77. The minimum atomic E-state index is -0.318. The third-order valence-corrected chi connectivity index (χ3v) is 7.77. The SMILES string of the molecule is Cc1cccc(/C(=C/C23C4CCC2CC3(C(N)=O)C4)c2cnc[nH]2)c1C. The predicted octanol–water partition coefficient (Wildman–Crippen LogP) is 3.75. The lowest BCUT2D eigenvalue weighted by molar-refractivity contribution is -0.210. The first kappa shape index (κ1) is 15.9. The molecule has 0 saturated heterocycles. The fourth-order valence-electron chi connectivity index (χ4n) is 6.33. The number of hydrogen-bond donors (Lipinski definition) is 2. The number of nitrogens with zero attached hydrogens (tertiary/aromatic N) is 1. The molecular weight excluding hydrogens is 322 g/mol. The molecule has 134 valence electrons. The summed E-state index contributed by atoms with van der Waals surface area (Å²) in [6.45, 7) is 4.32. The standard InChI is InChI=1S/C22H25N3O/c1-13-4-3-5-17(14(13)2)18(19-11-24-12-25-19)10-22-15-6-7-16(22)9-21(22,8-15)20(23)26/h3-5,10-12,15-16H,6-9H2,1-2H3,(H2,23,26)(H,24,25)/b18-10-. The average molecular weight is 347 g/mol. The summed E-state index contributed by atoms with van der Waals surface area (Å²) in [6.07, 6.45) is 10.4. The van der Waals surface area contributed by atoms with Crippen molar-refractivity contribution in [3.05, 3.63) is 59.2 Å². The molecule has 3 aliphatic rings. The van der Waals surface area contributed by atoms with Gasteiger partial charge in [-0.1, -0.05) is 24.3 Å². The molecule has 1 aromatic heterocycles. The molecule has 3 aliphatic carbocycles. The van der Waals surface area contributed by atoms with Crippen LogP contribution >= 0.6 is 0 Å². The molecule has 0 aliphatic heterocycles. The van der Waals surface area contributed by atoms with Gasteiger partial charge in [0.05, 0.1) is 23.6 Å². The number of benzene rings is 1. The number of aryl methyl sites for hydroxylation is 1. The number of carbonyl (C=O) groups is 1. The maximum Gasteiger partial charge on any atom is 0.224 e. The van der Waals surface area contributed by atoms with Gasteiger partial charge in [0.25, 0.3) is 0 Å². The van der Waals surface area contributed by atoms with Crippen molar-refractivity contribution in [1.82, 2.24) is 9.97 Å². The maximum atomic E-state index is 12.4. The largest absolute Gasteiger partial charge is 0.369 e. The summed E-state index contributed by atoms with van der Waals surface area (Å²) >= 11 is 0. The molecule has 3 fully saturated rings. The Morgan fingerprint density at radius 3 is 2.62 bits per heavy atom. The van der Waals surface area contributed by atoms with Crippen LogP contribution in [0.5, 0.6) is 0 Å². The van der Waals surface area contributed by atoms with Gasteiger partial charge in [-0.2, -0.15) is 0 Å². The van der Waals surface area contributed by atoms with Crippen molar-refractivity contribution in [1.29, 1.82) is 0 Å². The fourth-order valence-corrected chi connectivity index (χ4v) is 6.33. The van der Waals surface area contributed by atoms with Crippen LogP contribution < -0.4 is 5.73 Å². The van der Waals surface area contributed by atoms with Crippen LogP contribution in [0.25, 0.3) is 5.57 Å². The van der Waals surface area contributed by atoms with Crippen LogP contribution in [0, 0.1) is 36.5 Å². The first-order valence-corrected chi connectivity index (χ1v) is 9.58. The minimum absolute atomic E-state index is 0.0462. The number of rotatable bonds is 4. The third kappa shape index (κ3) is 1.70. The van der Waals surface area contributed by atoms with E-state index in [9.17, 15) is 4.79 Å². The van der Waals surface area contributed by atoms with E-state index in [0.29, 0.717) is 11.8 Å². The lowest BCUT2D eigenvalue weighted by Crippen LogP contribution is -2.71. The number of primary amides is 1. The van der Waals surface area contributed by atoms with Crippen molar-refractivity contribution >= 4 is 11.5 Å². The van der Waals surface area contributed by atoms with Gasteiger partial charge in [-0.3, -0.25) is 4.79 Å². The normalized spacial score (nSPS) is 34.8. The predicted molar refractivity (Wildman–Crippen MR) is 101 cm³/mol. The molecule has 3 saturated carbocycles. The molecule has 1 aromatic carbocycles. The number of H-pyrrole nitrogens is 1. The molecular formula is C22H25N3O. The van der Waals surface area contributed by atoms with E-state index in [4.69, 9.17) is 5.73 Å². The van der Waals surface area contributed by atoms with Crippen molar-refractivity contribution in [3.63, 3.8) is 0 Å². The molecule has 1 amide bonds. The molecule has 0 spiro atoms. The summed E-state index contributed by atoms with van der Waals surface area (Å²) in [4.78, 5) is 19.9. The van der Waals surface area contributed by atoms with Crippen LogP contribution in [0.1, 0.15) is 48.1 Å². The van der Waals surface area contributed by atoms with Crippen LogP contribution in [0.4, 0.5) is 0 Å². The van der Waals surface area contributed by atoms with Gasteiger partial charge in [-0.25, -0.2) is 4.98 Å². The highest BCUT2D eigenvalue weighted by Gasteiger charge is 2.79. The Labute approximate surface area is 153 Å². The summed E-state index contributed by atoms with van der Waals surface area (Å²) in [6, 6.07) is 6.43. The number of aromatic amines is 1. The Bertz CT molecular complexity index is 911. The Balaban J connectivity index is 1.72. The Morgan fingerprint density at radius 2 is 2.00 bits per heavy atom. The van der Waals surface area contributed by atoms with Gasteiger partial charge in [-0.15, -0.1) is 0 Å². The van der Waals surface area contributed by atoms with Crippen molar-refractivity contribution in [2.24, 2.45) is 28.4 Å². The van der Waals surface area contributed by atoms with E-state index in [2.05, 4.69) is 48.1 Å². The molecule has 4 heteroatoms. The van der Waals surface area contributed by atoms with Gasteiger partial charge in [-0.05, 0) is 68.1 Å². The molecule has 3 N–H and O–H groups in total. The summed E-state index contributed by atoms with van der Waals surface area (Å²) in [7, 11) is 0. The lowest BCUT2D eigenvalue weighted by atomic mass is 9.31. The quantitative estimate of drug-likeness (QED) is 0.884. The summed E-state index contributed by atoms with van der Waals surface area (Å²) in [5.74, 6) is 1.08. The minimum Gasteiger partial charge on any atom is -0.369 e.